The monoisotopic (exact) mass is 158 g/mol. The molecule has 5 heteroatoms. The predicted molar refractivity (Wildman–Crippen MR) is 38.6 cm³/mol. The fourth-order valence-corrected chi connectivity index (χ4v) is 0.928. The van der Waals surface area contributed by atoms with Crippen LogP contribution in [0.1, 0.15) is 6.42 Å². The van der Waals surface area contributed by atoms with Crippen LogP contribution in [0.2, 0.25) is 0 Å². The van der Waals surface area contributed by atoms with Crippen molar-refractivity contribution < 1.29 is 15.0 Å². The van der Waals surface area contributed by atoms with Gasteiger partial charge < -0.3 is 15.5 Å². The summed E-state index contributed by atoms with van der Waals surface area (Å²) < 4.78 is 0. The van der Waals surface area contributed by atoms with Gasteiger partial charge in [-0.05, 0) is 6.42 Å². The number of hydrogen-bond acceptors (Lipinski definition) is 4. The molecular formula is C6H10N2O3. The van der Waals surface area contributed by atoms with Crippen molar-refractivity contribution in [3.05, 3.63) is 0 Å². The minimum atomic E-state index is -0.897. The number of aliphatic hydroxyl groups excluding tert-OH is 1. The molecule has 0 radical (unpaired) electrons. The quantitative estimate of drug-likeness (QED) is 0.472. The zero-order chi connectivity index (χ0) is 8.27. The Hall–Kier alpha value is -1.10. The highest BCUT2D eigenvalue weighted by Crippen LogP contribution is 1.99. The highest BCUT2D eigenvalue weighted by molar-refractivity contribution is 5.88. The summed E-state index contributed by atoms with van der Waals surface area (Å²) in [7, 11) is 0. The number of carboxylic acids is 1. The van der Waals surface area contributed by atoms with E-state index in [0.29, 0.717) is 18.8 Å². The van der Waals surface area contributed by atoms with E-state index >= 15 is 0 Å². The van der Waals surface area contributed by atoms with Gasteiger partial charge in [0.05, 0.1) is 0 Å². The first-order chi connectivity index (χ1) is 5.24. The standard InChI is InChI=1S/C6H10N2O3/c9-3-5-7-2-1-4(8-5)6(10)11/h4,9H,1-3H2,(H,7,8)(H,10,11)/t4-/m1/s1. The maximum absolute atomic E-state index is 10.4. The lowest BCUT2D eigenvalue weighted by molar-refractivity contribution is -0.139. The lowest BCUT2D eigenvalue weighted by Gasteiger charge is -2.19. The number of hydrogen-bond donors (Lipinski definition) is 3. The molecule has 0 aromatic carbocycles. The van der Waals surface area contributed by atoms with E-state index < -0.39 is 12.0 Å². The molecule has 1 rings (SSSR count). The van der Waals surface area contributed by atoms with Crippen LogP contribution in [0.5, 0.6) is 0 Å². The van der Waals surface area contributed by atoms with Gasteiger partial charge in [0.2, 0.25) is 0 Å². The van der Waals surface area contributed by atoms with E-state index in [9.17, 15) is 4.79 Å². The van der Waals surface area contributed by atoms with Gasteiger partial charge in [-0.25, -0.2) is 4.79 Å². The van der Waals surface area contributed by atoms with Crippen LogP contribution >= 0.6 is 0 Å². The Kier molecular flexibility index (Phi) is 2.43. The predicted octanol–water partition coefficient (Wildman–Crippen LogP) is -1.18. The maximum atomic E-state index is 10.4. The second-order valence-corrected chi connectivity index (χ2v) is 2.31. The van der Waals surface area contributed by atoms with Gasteiger partial charge in [0, 0.05) is 6.54 Å². The van der Waals surface area contributed by atoms with Crippen LogP contribution in [0.3, 0.4) is 0 Å². The number of rotatable bonds is 2. The van der Waals surface area contributed by atoms with Crippen molar-refractivity contribution >= 4 is 11.8 Å². The molecule has 0 bridgehead atoms. The van der Waals surface area contributed by atoms with Gasteiger partial charge in [-0.2, -0.15) is 0 Å². The summed E-state index contributed by atoms with van der Waals surface area (Å²) in [5, 5.41) is 19.8. The Bertz CT molecular complexity index is 190. The summed E-state index contributed by atoms with van der Waals surface area (Å²) in [4.78, 5) is 14.3. The third-order valence-corrected chi connectivity index (χ3v) is 1.51. The van der Waals surface area contributed by atoms with Gasteiger partial charge in [0.15, 0.2) is 0 Å². The van der Waals surface area contributed by atoms with E-state index in [1.54, 1.807) is 0 Å². The molecule has 0 spiro atoms. The third kappa shape index (κ3) is 1.91. The second kappa shape index (κ2) is 3.34. The minimum absolute atomic E-state index is 0.218. The van der Waals surface area contributed by atoms with Crippen molar-refractivity contribution in [1.29, 1.82) is 0 Å². The number of aliphatic imine (C=N–C) groups is 1. The van der Waals surface area contributed by atoms with E-state index in [-0.39, 0.29) is 6.61 Å². The van der Waals surface area contributed by atoms with Crippen molar-refractivity contribution in [3.63, 3.8) is 0 Å². The molecule has 5 nitrogen and oxygen atoms in total. The number of carbonyl (C=O) groups is 1. The van der Waals surface area contributed by atoms with Crippen LogP contribution in [0.25, 0.3) is 0 Å². The van der Waals surface area contributed by atoms with E-state index in [1.165, 1.54) is 0 Å². The van der Waals surface area contributed by atoms with Gasteiger partial charge in [0.1, 0.15) is 18.5 Å². The maximum Gasteiger partial charge on any atom is 0.326 e. The average molecular weight is 158 g/mol. The normalized spacial score (nSPS) is 23.7. The number of aliphatic carboxylic acids is 1. The lowest BCUT2D eigenvalue weighted by atomic mass is 10.2. The van der Waals surface area contributed by atoms with E-state index in [0.717, 1.165) is 0 Å². The molecule has 1 aliphatic heterocycles. The third-order valence-electron chi connectivity index (χ3n) is 1.51. The largest absolute Gasteiger partial charge is 0.480 e. The van der Waals surface area contributed by atoms with Crippen LogP contribution in [-0.2, 0) is 4.79 Å². The zero-order valence-electron chi connectivity index (χ0n) is 5.95. The number of amidine groups is 1. The number of aliphatic hydroxyl groups is 1. The molecule has 0 aromatic heterocycles. The van der Waals surface area contributed by atoms with Crippen LogP contribution in [0.15, 0.2) is 4.99 Å². The average Bonchev–Trinajstić information content (AvgIpc) is 2.05. The van der Waals surface area contributed by atoms with E-state index in [1.807, 2.05) is 0 Å². The fourth-order valence-electron chi connectivity index (χ4n) is 0.928. The first-order valence-electron chi connectivity index (χ1n) is 3.37. The second-order valence-electron chi connectivity index (χ2n) is 2.31. The Balaban J connectivity index is 2.53. The smallest absolute Gasteiger partial charge is 0.326 e. The topological polar surface area (TPSA) is 81.9 Å². The van der Waals surface area contributed by atoms with E-state index in [4.69, 9.17) is 10.2 Å². The minimum Gasteiger partial charge on any atom is -0.480 e. The molecule has 1 heterocycles. The molecule has 0 aromatic rings. The molecule has 0 aliphatic carbocycles. The SMILES string of the molecule is O=C(O)[C@H]1CCN=C(CO)N1. The number of carboxylic acid groups (broad SMARTS) is 1. The molecule has 0 amide bonds. The zero-order valence-corrected chi connectivity index (χ0v) is 5.95. The van der Waals surface area contributed by atoms with Crippen molar-refractivity contribution in [2.24, 2.45) is 4.99 Å². The lowest BCUT2D eigenvalue weighted by Crippen LogP contribution is -2.45. The number of nitrogens with zero attached hydrogens (tertiary/aromatic N) is 1. The first-order valence-corrected chi connectivity index (χ1v) is 3.37. The molecule has 11 heavy (non-hydrogen) atoms. The molecular weight excluding hydrogens is 148 g/mol. The molecule has 0 fully saturated rings. The molecule has 1 atom stereocenters. The highest BCUT2D eigenvalue weighted by Gasteiger charge is 2.20. The van der Waals surface area contributed by atoms with Crippen molar-refractivity contribution in [2.75, 3.05) is 13.2 Å². The van der Waals surface area contributed by atoms with Crippen LogP contribution in [0, 0.1) is 0 Å². The van der Waals surface area contributed by atoms with E-state index in [2.05, 4.69) is 10.3 Å². The summed E-state index contributed by atoms with van der Waals surface area (Å²) in [5.41, 5.74) is 0. The van der Waals surface area contributed by atoms with Gasteiger partial charge in [-0.15, -0.1) is 0 Å². The summed E-state index contributed by atoms with van der Waals surface area (Å²) in [6.45, 7) is 0.254. The summed E-state index contributed by atoms with van der Waals surface area (Å²) >= 11 is 0. The Morgan fingerprint density at radius 2 is 2.55 bits per heavy atom. The molecule has 1 aliphatic rings. The van der Waals surface area contributed by atoms with Gasteiger partial charge in [-0.3, -0.25) is 4.99 Å². The van der Waals surface area contributed by atoms with Crippen molar-refractivity contribution in [1.82, 2.24) is 5.32 Å². The molecule has 0 unspecified atom stereocenters. The van der Waals surface area contributed by atoms with Crippen molar-refractivity contribution in [2.45, 2.75) is 12.5 Å². The molecule has 0 saturated heterocycles. The van der Waals surface area contributed by atoms with Crippen LogP contribution in [0.4, 0.5) is 0 Å². The Labute approximate surface area is 63.8 Å². The molecule has 62 valence electrons. The van der Waals surface area contributed by atoms with Gasteiger partial charge >= 0.3 is 5.97 Å². The van der Waals surface area contributed by atoms with Crippen molar-refractivity contribution in [3.8, 4) is 0 Å². The Morgan fingerprint density at radius 1 is 1.82 bits per heavy atom. The summed E-state index contributed by atoms with van der Waals surface area (Å²) in [6.07, 6.45) is 0.485. The highest BCUT2D eigenvalue weighted by atomic mass is 16.4. The summed E-state index contributed by atoms with van der Waals surface area (Å²) in [5.74, 6) is -0.533. The summed E-state index contributed by atoms with van der Waals surface area (Å²) in [6, 6.07) is -0.588. The van der Waals surface area contributed by atoms with Gasteiger partial charge in [0.25, 0.3) is 0 Å². The Morgan fingerprint density at radius 3 is 3.09 bits per heavy atom. The fraction of sp³-hybridized carbons (Fsp3) is 0.667. The van der Waals surface area contributed by atoms with Gasteiger partial charge in [-0.1, -0.05) is 0 Å². The number of nitrogens with one attached hydrogen (secondary N) is 1. The van der Waals surface area contributed by atoms with Crippen LogP contribution in [-0.4, -0.2) is 41.2 Å². The molecule has 0 saturated carbocycles. The van der Waals surface area contributed by atoms with Crippen LogP contribution < -0.4 is 5.32 Å². The molecule has 3 N–H and O–H groups in total. The first kappa shape index (κ1) is 8.00.